The second-order valence-corrected chi connectivity index (χ2v) is 9.74. The lowest BCUT2D eigenvalue weighted by Crippen LogP contribution is -2.39. The molecule has 0 unspecified atom stereocenters. The summed E-state index contributed by atoms with van der Waals surface area (Å²) < 4.78 is 33.3. The Balaban J connectivity index is 1.51. The van der Waals surface area contributed by atoms with Gasteiger partial charge in [-0.3, -0.25) is 19.2 Å². The van der Waals surface area contributed by atoms with E-state index in [0.717, 1.165) is 10.4 Å². The molecule has 0 fully saturated rings. The number of nitrogens with zero attached hydrogens (tertiary/aromatic N) is 3. The lowest BCUT2D eigenvalue weighted by molar-refractivity contribution is -0.384. The van der Waals surface area contributed by atoms with Crippen LogP contribution in [0.5, 0.6) is 11.5 Å². The molecule has 0 aromatic heterocycles. The highest BCUT2D eigenvalue weighted by atomic mass is 32.2. The summed E-state index contributed by atoms with van der Waals surface area (Å²) in [6.07, 6.45) is 1.39. The van der Waals surface area contributed by atoms with Crippen molar-refractivity contribution >= 4 is 33.5 Å². The van der Waals surface area contributed by atoms with Crippen LogP contribution in [0.4, 0.5) is 11.4 Å². The first kappa shape index (κ1) is 26.0. The van der Waals surface area contributed by atoms with Gasteiger partial charge in [-0.1, -0.05) is 54.6 Å². The molecule has 0 aliphatic heterocycles. The zero-order chi connectivity index (χ0) is 27.0. The first-order chi connectivity index (χ1) is 18.3. The fourth-order valence-corrected chi connectivity index (χ4v) is 4.86. The Morgan fingerprint density at radius 2 is 1.55 bits per heavy atom. The minimum Gasteiger partial charge on any atom is -0.457 e. The van der Waals surface area contributed by atoms with E-state index in [1.54, 1.807) is 42.5 Å². The number of amides is 1. The molecule has 0 heterocycles. The van der Waals surface area contributed by atoms with Gasteiger partial charge in [-0.2, -0.15) is 5.10 Å². The maximum atomic E-state index is 13.4. The normalized spacial score (nSPS) is 11.2. The third-order valence-electron chi connectivity index (χ3n) is 5.19. The molecule has 38 heavy (non-hydrogen) atoms. The average Bonchev–Trinajstić information content (AvgIpc) is 2.93. The minimum absolute atomic E-state index is 0.0343. The minimum atomic E-state index is -4.22. The summed E-state index contributed by atoms with van der Waals surface area (Å²) in [5, 5.41) is 15.2. The van der Waals surface area contributed by atoms with Gasteiger partial charge in [0.05, 0.1) is 21.7 Å². The highest BCUT2D eigenvalue weighted by molar-refractivity contribution is 7.92. The molecular weight excluding hydrogens is 508 g/mol. The van der Waals surface area contributed by atoms with E-state index in [9.17, 15) is 23.3 Å². The zero-order valence-corrected chi connectivity index (χ0v) is 20.7. The van der Waals surface area contributed by atoms with Crippen molar-refractivity contribution in [2.24, 2.45) is 5.10 Å². The molecule has 0 saturated carbocycles. The monoisotopic (exact) mass is 530 g/mol. The molecule has 1 N–H and O–H groups in total. The van der Waals surface area contributed by atoms with E-state index in [4.69, 9.17) is 4.74 Å². The van der Waals surface area contributed by atoms with Crippen LogP contribution in [0.15, 0.2) is 119 Å². The highest BCUT2D eigenvalue weighted by Gasteiger charge is 2.28. The van der Waals surface area contributed by atoms with Crippen LogP contribution in [0.1, 0.15) is 5.56 Å². The number of benzene rings is 4. The molecule has 192 valence electrons. The number of ether oxygens (including phenoxy) is 1. The van der Waals surface area contributed by atoms with Gasteiger partial charge in [-0.05, 0) is 48.0 Å². The second-order valence-electron chi connectivity index (χ2n) is 7.88. The van der Waals surface area contributed by atoms with E-state index in [1.165, 1.54) is 36.5 Å². The highest BCUT2D eigenvalue weighted by Crippen LogP contribution is 2.27. The summed E-state index contributed by atoms with van der Waals surface area (Å²) in [6, 6.07) is 28.8. The van der Waals surface area contributed by atoms with E-state index in [0.29, 0.717) is 17.1 Å². The molecule has 0 bridgehead atoms. The standard InChI is InChI=1S/C27H22N4O6S/c32-27(29-28-19-21-9-7-14-25(17-21)37-24-12-3-1-4-13-24)20-30(22-10-8-11-23(18-22)31(33)34)38(35,36)26-15-5-2-6-16-26/h1-19H,20H2,(H,29,32)/b28-19-. The Hall–Kier alpha value is -5.03. The molecular formula is C27H22N4O6S. The predicted octanol–water partition coefficient (Wildman–Crippen LogP) is 4.73. The number of hydrazone groups is 1. The number of para-hydroxylation sites is 1. The number of rotatable bonds is 10. The maximum absolute atomic E-state index is 13.4. The number of hydrogen-bond acceptors (Lipinski definition) is 7. The molecule has 0 radical (unpaired) electrons. The largest absolute Gasteiger partial charge is 0.457 e. The molecule has 0 spiro atoms. The number of non-ortho nitro benzene ring substituents is 1. The number of nitro benzene ring substituents is 1. The summed E-state index contributed by atoms with van der Waals surface area (Å²) >= 11 is 0. The molecule has 0 aliphatic rings. The average molecular weight is 531 g/mol. The number of anilines is 1. The molecule has 4 aromatic rings. The van der Waals surface area contributed by atoms with Gasteiger partial charge in [0.25, 0.3) is 21.6 Å². The summed E-state index contributed by atoms with van der Waals surface area (Å²) in [5.41, 5.74) is 2.59. The van der Waals surface area contributed by atoms with Crippen LogP contribution in [0.2, 0.25) is 0 Å². The van der Waals surface area contributed by atoms with Crippen molar-refractivity contribution in [2.45, 2.75) is 4.90 Å². The third kappa shape index (κ3) is 6.59. The third-order valence-corrected chi connectivity index (χ3v) is 6.97. The Bertz CT molecular complexity index is 1560. The fraction of sp³-hybridized carbons (Fsp3) is 0.0370. The Labute approximate surface area is 219 Å². The van der Waals surface area contributed by atoms with Gasteiger partial charge in [0.15, 0.2) is 0 Å². The Kier molecular flexibility index (Phi) is 8.09. The predicted molar refractivity (Wildman–Crippen MR) is 143 cm³/mol. The van der Waals surface area contributed by atoms with E-state index in [2.05, 4.69) is 10.5 Å². The molecule has 0 atom stereocenters. The van der Waals surface area contributed by atoms with Crippen molar-refractivity contribution in [1.82, 2.24) is 5.43 Å². The van der Waals surface area contributed by atoms with Crippen molar-refractivity contribution in [2.75, 3.05) is 10.8 Å². The van der Waals surface area contributed by atoms with E-state index < -0.39 is 27.4 Å². The maximum Gasteiger partial charge on any atom is 0.271 e. The van der Waals surface area contributed by atoms with Gasteiger partial charge in [0.2, 0.25) is 0 Å². The Morgan fingerprint density at radius 3 is 2.26 bits per heavy atom. The van der Waals surface area contributed by atoms with E-state index >= 15 is 0 Å². The van der Waals surface area contributed by atoms with Crippen LogP contribution in [-0.4, -0.2) is 32.0 Å². The van der Waals surface area contributed by atoms with Gasteiger partial charge >= 0.3 is 0 Å². The van der Waals surface area contributed by atoms with Crippen LogP contribution in [0.3, 0.4) is 0 Å². The van der Waals surface area contributed by atoms with Crippen molar-refractivity contribution in [3.05, 3.63) is 125 Å². The fourth-order valence-electron chi connectivity index (χ4n) is 3.42. The number of hydrogen-bond donors (Lipinski definition) is 1. The first-order valence-electron chi connectivity index (χ1n) is 11.3. The summed E-state index contributed by atoms with van der Waals surface area (Å²) in [4.78, 5) is 23.3. The first-order valence-corrected chi connectivity index (χ1v) is 12.7. The van der Waals surface area contributed by atoms with Gasteiger partial charge in [-0.25, -0.2) is 13.8 Å². The van der Waals surface area contributed by atoms with Crippen molar-refractivity contribution in [3.8, 4) is 11.5 Å². The summed E-state index contributed by atoms with van der Waals surface area (Å²) in [7, 11) is -4.22. The van der Waals surface area contributed by atoms with Gasteiger partial charge in [0.1, 0.15) is 18.0 Å². The Morgan fingerprint density at radius 1 is 0.895 bits per heavy atom. The van der Waals surface area contributed by atoms with Gasteiger partial charge in [0, 0.05) is 12.1 Å². The molecule has 11 heteroatoms. The van der Waals surface area contributed by atoms with Crippen molar-refractivity contribution in [1.29, 1.82) is 0 Å². The van der Waals surface area contributed by atoms with Gasteiger partial charge < -0.3 is 4.74 Å². The molecule has 0 aliphatic carbocycles. The summed E-state index contributed by atoms with van der Waals surface area (Å²) in [6.45, 7) is -0.660. The van der Waals surface area contributed by atoms with Crippen LogP contribution in [-0.2, 0) is 14.8 Å². The molecule has 1 amide bonds. The van der Waals surface area contributed by atoms with Gasteiger partial charge in [-0.15, -0.1) is 0 Å². The SMILES string of the molecule is O=C(CN(c1cccc([N+](=O)[O-])c1)S(=O)(=O)c1ccccc1)N/N=C\c1cccc(Oc2ccccc2)c1. The van der Waals surface area contributed by atoms with E-state index in [1.807, 2.05) is 30.3 Å². The topological polar surface area (TPSA) is 131 Å². The molecule has 4 rings (SSSR count). The van der Waals surface area contributed by atoms with Crippen LogP contribution in [0.25, 0.3) is 0 Å². The van der Waals surface area contributed by atoms with Crippen LogP contribution in [0, 0.1) is 10.1 Å². The van der Waals surface area contributed by atoms with Crippen molar-refractivity contribution < 1.29 is 22.9 Å². The van der Waals surface area contributed by atoms with Crippen LogP contribution >= 0.6 is 0 Å². The molecule has 0 saturated heterocycles. The number of carbonyl (C=O) groups excluding carboxylic acids is 1. The second kappa shape index (κ2) is 11.8. The number of nitrogens with one attached hydrogen (secondary N) is 1. The lowest BCUT2D eigenvalue weighted by Gasteiger charge is -2.23. The zero-order valence-electron chi connectivity index (χ0n) is 19.9. The molecule has 4 aromatic carbocycles. The number of sulfonamides is 1. The number of nitro groups is 1. The lowest BCUT2D eigenvalue weighted by atomic mass is 10.2. The molecule has 10 nitrogen and oxygen atoms in total. The van der Waals surface area contributed by atoms with E-state index in [-0.39, 0.29) is 16.3 Å². The quantitative estimate of drug-likeness (QED) is 0.179. The van der Waals surface area contributed by atoms with Crippen molar-refractivity contribution in [3.63, 3.8) is 0 Å². The van der Waals surface area contributed by atoms with Crippen LogP contribution < -0.4 is 14.5 Å². The number of carbonyl (C=O) groups is 1. The smallest absolute Gasteiger partial charge is 0.271 e. The summed E-state index contributed by atoms with van der Waals surface area (Å²) in [5.74, 6) is 0.483.